The molecule has 1 atom stereocenters. The van der Waals surface area contributed by atoms with E-state index in [2.05, 4.69) is 0 Å². The molecule has 1 unspecified atom stereocenters. The average molecular weight is 233 g/mol. The molecule has 1 aromatic rings. The van der Waals surface area contributed by atoms with Gasteiger partial charge in [-0.25, -0.2) is 0 Å². The van der Waals surface area contributed by atoms with E-state index in [0.29, 0.717) is 19.4 Å². The van der Waals surface area contributed by atoms with Crippen molar-refractivity contribution < 1.29 is 9.90 Å². The van der Waals surface area contributed by atoms with Crippen LogP contribution in [0.4, 0.5) is 0 Å². The predicted molar refractivity (Wildman–Crippen MR) is 66.6 cm³/mol. The normalized spacial score (nSPS) is 22.8. The van der Waals surface area contributed by atoms with E-state index in [1.54, 1.807) is 4.90 Å². The van der Waals surface area contributed by atoms with Gasteiger partial charge in [0, 0.05) is 12.1 Å². The molecule has 0 spiro atoms. The molecule has 1 heterocycles. The maximum Gasteiger partial charge on any atom is 0.227 e. The van der Waals surface area contributed by atoms with Crippen LogP contribution >= 0.6 is 0 Å². The Morgan fingerprint density at radius 3 is 2.59 bits per heavy atom. The van der Waals surface area contributed by atoms with E-state index in [4.69, 9.17) is 0 Å². The van der Waals surface area contributed by atoms with Crippen molar-refractivity contribution in [2.75, 3.05) is 6.54 Å². The topological polar surface area (TPSA) is 40.5 Å². The number of nitrogens with zero attached hydrogens (tertiary/aromatic N) is 1. The molecular formula is C14H19NO2. The van der Waals surface area contributed by atoms with Gasteiger partial charge in [0.05, 0.1) is 12.5 Å². The Hall–Kier alpha value is -1.35. The number of benzene rings is 1. The Bertz CT molecular complexity index is 400. The van der Waals surface area contributed by atoms with Crippen LogP contribution < -0.4 is 0 Å². The molecule has 1 aliphatic heterocycles. The zero-order chi connectivity index (χ0) is 12.5. The number of carbonyl (C=O) groups excluding carboxylic acids is 1. The first kappa shape index (κ1) is 12.1. The van der Waals surface area contributed by atoms with Gasteiger partial charge in [-0.2, -0.15) is 0 Å². The summed E-state index contributed by atoms with van der Waals surface area (Å²) in [6, 6.07) is 9.73. The monoisotopic (exact) mass is 233 g/mol. The third kappa shape index (κ3) is 2.67. The van der Waals surface area contributed by atoms with Crippen molar-refractivity contribution in [3.05, 3.63) is 35.9 Å². The Kier molecular flexibility index (Phi) is 3.20. The average Bonchev–Trinajstić information content (AvgIpc) is 2.53. The predicted octanol–water partition coefficient (Wildman–Crippen LogP) is 1.60. The summed E-state index contributed by atoms with van der Waals surface area (Å²) in [5.41, 5.74) is 0.792. The number of aliphatic hydroxyl groups excluding tert-OH is 1. The smallest absolute Gasteiger partial charge is 0.227 e. The fourth-order valence-corrected chi connectivity index (χ4v) is 2.51. The lowest BCUT2D eigenvalue weighted by Crippen LogP contribution is -2.43. The van der Waals surface area contributed by atoms with E-state index in [1.807, 2.05) is 44.2 Å². The second-order valence-electron chi connectivity index (χ2n) is 5.34. The first-order valence-corrected chi connectivity index (χ1v) is 6.01. The molecule has 1 aromatic carbocycles. The Morgan fingerprint density at radius 1 is 1.41 bits per heavy atom. The summed E-state index contributed by atoms with van der Waals surface area (Å²) in [6.45, 7) is 4.47. The van der Waals surface area contributed by atoms with Gasteiger partial charge in [-0.15, -0.1) is 0 Å². The highest BCUT2D eigenvalue weighted by Crippen LogP contribution is 2.29. The minimum Gasteiger partial charge on any atom is -0.391 e. The van der Waals surface area contributed by atoms with Crippen LogP contribution in [0.15, 0.2) is 30.3 Å². The third-order valence-corrected chi connectivity index (χ3v) is 3.36. The lowest BCUT2D eigenvalue weighted by molar-refractivity contribution is -0.133. The third-order valence-electron chi connectivity index (χ3n) is 3.36. The molecule has 0 saturated carbocycles. The van der Waals surface area contributed by atoms with Gasteiger partial charge in [0.25, 0.3) is 0 Å². The molecule has 0 bridgehead atoms. The summed E-state index contributed by atoms with van der Waals surface area (Å²) in [6.07, 6.45) is 0.689. The summed E-state index contributed by atoms with van der Waals surface area (Å²) < 4.78 is 0. The van der Waals surface area contributed by atoms with Crippen LogP contribution in [0.2, 0.25) is 0 Å². The standard InChI is InChI=1S/C14H19NO2/c1-14(2)9-12(16)10-15(14)13(17)8-11-6-4-3-5-7-11/h3-7,12,16H,8-10H2,1-2H3. The van der Waals surface area contributed by atoms with Crippen molar-refractivity contribution in [2.45, 2.75) is 38.3 Å². The maximum absolute atomic E-state index is 12.2. The second kappa shape index (κ2) is 4.49. The van der Waals surface area contributed by atoms with Gasteiger partial charge in [-0.05, 0) is 25.8 Å². The van der Waals surface area contributed by atoms with E-state index >= 15 is 0 Å². The fraction of sp³-hybridized carbons (Fsp3) is 0.500. The zero-order valence-electron chi connectivity index (χ0n) is 10.4. The highest BCUT2D eigenvalue weighted by atomic mass is 16.3. The van der Waals surface area contributed by atoms with Crippen LogP contribution in [0.3, 0.4) is 0 Å². The molecule has 17 heavy (non-hydrogen) atoms. The minimum atomic E-state index is -0.385. The van der Waals surface area contributed by atoms with Crippen molar-refractivity contribution >= 4 is 5.91 Å². The molecule has 0 aliphatic carbocycles. The number of rotatable bonds is 2. The van der Waals surface area contributed by atoms with Crippen molar-refractivity contribution in [3.63, 3.8) is 0 Å². The number of likely N-dealkylation sites (tertiary alicyclic amines) is 1. The lowest BCUT2D eigenvalue weighted by Gasteiger charge is -2.31. The number of hydrogen-bond acceptors (Lipinski definition) is 2. The molecule has 0 aromatic heterocycles. The summed E-state index contributed by atoms with van der Waals surface area (Å²) in [5, 5.41) is 9.66. The van der Waals surface area contributed by atoms with E-state index in [9.17, 15) is 9.90 Å². The summed E-state index contributed by atoms with van der Waals surface area (Å²) in [4.78, 5) is 14.0. The number of aliphatic hydroxyl groups is 1. The highest BCUT2D eigenvalue weighted by molar-refractivity contribution is 5.79. The summed E-state index contributed by atoms with van der Waals surface area (Å²) in [7, 11) is 0. The molecular weight excluding hydrogens is 214 g/mol. The van der Waals surface area contributed by atoms with Gasteiger partial charge in [0.2, 0.25) is 5.91 Å². The summed E-state index contributed by atoms with van der Waals surface area (Å²) >= 11 is 0. The zero-order valence-corrected chi connectivity index (χ0v) is 10.4. The number of amides is 1. The fourth-order valence-electron chi connectivity index (χ4n) is 2.51. The molecule has 1 saturated heterocycles. The van der Waals surface area contributed by atoms with E-state index < -0.39 is 0 Å². The van der Waals surface area contributed by atoms with Crippen molar-refractivity contribution in [2.24, 2.45) is 0 Å². The number of hydrogen-bond donors (Lipinski definition) is 1. The van der Waals surface area contributed by atoms with Gasteiger partial charge >= 0.3 is 0 Å². The SMILES string of the molecule is CC1(C)CC(O)CN1C(=O)Cc1ccccc1. The minimum absolute atomic E-state index is 0.0951. The van der Waals surface area contributed by atoms with E-state index in [-0.39, 0.29) is 17.6 Å². The van der Waals surface area contributed by atoms with Crippen LogP contribution in [0, 0.1) is 0 Å². The van der Waals surface area contributed by atoms with E-state index in [1.165, 1.54) is 0 Å². The van der Waals surface area contributed by atoms with E-state index in [0.717, 1.165) is 5.56 Å². The lowest BCUT2D eigenvalue weighted by atomic mass is 10.0. The first-order valence-electron chi connectivity index (χ1n) is 6.01. The van der Waals surface area contributed by atoms with Gasteiger partial charge in [0.1, 0.15) is 0 Å². The first-order chi connectivity index (χ1) is 7.99. The maximum atomic E-state index is 12.2. The molecule has 3 nitrogen and oxygen atoms in total. The Balaban J connectivity index is 2.06. The molecule has 1 fully saturated rings. The van der Waals surface area contributed by atoms with Gasteiger partial charge in [-0.3, -0.25) is 4.79 Å². The van der Waals surface area contributed by atoms with Crippen molar-refractivity contribution in [1.82, 2.24) is 4.90 Å². The van der Waals surface area contributed by atoms with Crippen LogP contribution in [0.25, 0.3) is 0 Å². The number of carbonyl (C=O) groups is 1. The molecule has 1 amide bonds. The second-order valence-corrected chi connectivity index (χ2v) is 5.34. The summed E-state index contributed by atoms with van der Waals surface area (Å²) in [5.74, 6) is 0.0951. The quantitative estimate of drug-likeness (QED) is 0.843. The van der Waals surface area contributed by atoms with Crippen molar-refractivity contribution in [3.8, 4) is 0 Å². The molecule has 1 N–H and O–H groups in total. The van der Waals surface area contributed by atoms with Crippen LogP contribution in [-0.4, -0.2) is 34.1 Å². The molecule has 2 rings (SSSR count). The van der Waals surface area contributed by atoms with Gasteiger partial charge < -0.3 is 10.0 Å². The van der Waals surface area contributed by atoms with Crippen LogP contribution in [-0.2, 0) is 11.2 Å². The van der Waals surface area contributed by atoms with Crippen LogP contribution in [0.1, 0.15) is 25.8 Å². The Labute approximate surface area is 102 Å². The van der Waals surface area contributed by atoms with Crippen molar-refractivity contribution in [1.29, 1.82) is 0 Å². The Morgan fingerprint density at radius 2 is 2.06 bits per heavy atom. The molecule has 92 valence electrons. The van der Waals surface area contributed by atoms with Crippen LogP contribution in [0.5, 0.6) is 0 Å². The molecule has 3 heteroatoms. The molecule has 0 radical (unpaired) electrons. The highest BCUT2D eigenvalue weighted by Gasteiger charge is 2.39. The number of β-amino-alcohol motifs (C(OH)–C–C–N with tert-alkyl or cyclic N) is 1. The largest absolute Gasteiger partial charge is 0.391 e. The molecule has 1 aliphatic rings. The van der Waals surface area contributed by atoms with Gasteiger partial charge in [-0.1, -0.05) is 30.3 Å². The van der Waals surface area contributed by atoms with Gasteiger partial charge in [0.15, 0.2) is 0 Å².